The highest BCUT2D eigenvalue weighted by molar-refractivity contribution is 4.77. The topological polar surface area (TPSA) is 12.0 Å². The molecule has 0 spiro atoms. The van der Waals surface area contributed by atoms with Crippen LogP contribution in [0.15, 0.2) is 0 Å². The first-order chi connectivity index (χ1) is 7.49. The molecule has 1 rings (SSSR count). The van der Waals surface area contributed by atoms with Gasteiger partial charge in [-0.05, 0) is 38.1 Å². The van der Waals surface area contributed by atoms with E-state index in [4.69, 9.17) is 0 Å². The van der Waals surface area contributed by atoms with Crippen LogP contribution in [0, 0.1) is 5.92 Å². The highest BCUT2D eigenvalue weighted by Crippen LogP contribution is 2.24. The Bertz CT molecular complexity index is 191. The number of halogens is 3. The summed E-state index contributed by atoms with van der Waals surface area (Å²) in [5.74, 6) is 0.677. The van der Waals surface area contributed by atoms with Crippen molar-refractivity contribution < 1.29 is 13.2 Å². The number of nitrogens with one attached hydrogen (secondary N) is 1. The van der Waals surface area contributed by atoms with Gasteiger partial charge in [0.2, 0.25) is 0 Å². The predicted molar refractivity (Wildman–Crippen MR) is 59.3 cm³/mol. The summed E-state index contributed by atoms with van der Waals surface area (Å²) in [6.45, 7) is 2.96. The van der Waals surface area contributed by atoms with Crippen LogP contribution in [0.1, 0.15) is 51.9 Å². The third kappa shape index (κ3) is 5.73. The minimum atomic E-state index is -3.99. The van der Waals surface area contributed by atoms with Crippen molar-refractivity contribution in [2.75, 3.05) is 6.54 Å². The average molecular weight is 237 g/mol. The third-order valence-corrected chi connectivity index (χ3v) is 3.41. The summed E-state index contributed by atoms with van der Waals surface area (Å²) in [7, 11) is 0. The van der Waals surface area contributed by atoms with Crippen molar-refractivity contribution in [2.45, 2.75) is 64.1 Å². The SMILES string of the molecule is CC1CCCCC1NCCCCC(F)(F)F. The van der Waals surface area contributed by atoms with Crippen LogP contribution < -0.4 is 5.32 Å². The van der Waals surface area contributed by atoms with Gasteiger partial charge in [-0.1, -0.05) is 19.8 Å². The van der Waals surface area contributed by atoms with E-state index in [1.807, 2.05) is 0 Å². The van der Waals surface area contributed by atoms with Crippen molar-refractivity contribution in [2.24, 2.45) is 5.92 Å². The fourth-order valence-electron chi connectivity index (χ4n) is 2.36. The summed E-state index contributed by atoms with van der Waals surface area (Å²) in [5.41, 5.74) is 0. The zero-order valence-electron chi connectivity index (χ0n) is 9.95. The molecule has 0 radical (unpaired) electrons. The first kappa shape index (κ1) is 13.8. The van der Waals surface area contributed by atoms with Gasteiger partial charge in [0.15, 0.2) is 0 Å². The van der Waals surface area contributed by atoms with Crippen molar-refractivity contribution >= 4 is 0 Å². The molecule has 1 saturated carbocycles. The van der Waals surface area contributed by atoms with E-state index in [0.29, 0.717) is 18.4 Å². The minimum absolute atomic E-state index is 0.248. The fraction of sp³-hybridized carbons (Fsp3) is 1.00. The Labute approximate surface area is 95.8 Å². The van der Waals surface area contributed by atoms with Crippen LogP contribution in [0.3, 0.4) is 0 Å². The molecule has 16 heavy (non-hydrogen) atoms. The van der Waals surface area contributed by atoms with Gasteiger partial charge in [-0.2, -0.15) is 13.2 Å². The molecule has 0 amide bonds. The molecule has 0 saturated heterocycles. The molecular weight excluding hydrogens is 215 g/mol. The molecule has 2 atom stereocenters. The monoisotopic (exact) mass is 237 g/mol. The fourth-order valence-corrected chi connectivity index (χ4v) is 2.36. The zero-order chi connectivity index (χ0) is 12.0. The molecule has 96 valence electrons. The molecule has 0 aromatic carbocycles. The Morgan fingerprint density at radius 2 is 1.81 bits per heavy atom. The smallest absolute Gasteiger partial charge is 0.314 e. The Hall–Kier alpha value is -0.250. The van der Waals surface area contributed by atoms with Crippen LogP contribution >= 0.6 is 0 Å². The largest absolute Gasteiger partial charge is 0.389 e. The maximum atomic E-state index is 11.9. The van der Waals surface area contributed by atoms with E-state index < -0.39 is 12.6 Å². The predicted octanol–water partition coefficient (Wildman–Crippen LogP) is 3.89. The number of unbranched alkanes of at least 4 members (excludes halogenated alkanes) is 1. The molecule has 0 aliphatic heterocycles. The standard InChI is InChI=1S/C12H22F3N/c1-10-6-2-3-7-11(10)16-9-5-4-8-12(13,14)15/h10-11,16H,2-9H2,1H3. The Morgan fingerprint density at radius 1 is 1.12 bits per heavy atom. The van der Waals surface area contributed by atoms with Gasteiger partial charge in [0, 0.05) is 12.5 Å². The van der Waals surface area contributed by atoms with Gasteiger partial charge in [-0.25, -0.2) is 0 Å². The lowest BCUT2D eigenvalue weighted by Gasteiger charge is -2.29. The summed E-state index contributed by atoms with van der Waals surface area (Å²) in [5, 5.41) is 3.39. The Balaban J connectivity index is 2.02. The average Bonchev–Trinajstić information content (AvgIpc) is 2.18. The second-order valence-corrected chi connectivity index (χ2v) is 4.89. The van der Waals surface area contributed by atoms with E-state index in [-0.39, 0.29) is 6.42 Å². The van der Waals surface area contributed by atoms with Crippen LogP contribution in [0.5, 0.6) is 0 Å². The summed E-state index contributed by atoms with van der Waals surface area (Å²) in [6.07, 6.45) is 1.23. The van der Waals surface area contributed by atoms with Gasteiger partial charge in [0.1, 0.15) is 0 Å². The quantitative estimate of drug-likeness (QED) is 0.715. The van der Waals surface area contributed by atoms with E-state index >= 15 is 0 Å². The summed E-state index contributed by atoms with van der Waals surface area (Å²) in [4.78, 5) is 0. The Morgan fingerprint density at radius 3 is 2.44 bits per heavy atom. The van der Waals surface area contributed by atoms with E-state index in [9.17, 15) is 13.2 Å². The molecule has 1 aliphatic carbocycles. The highest BCUT2D eigenvalue weighted by Gasteiger charge is 2.26. The molecule has 0 heterocycles. The first-order valence-corrected chi connectivity index (χ1v) is 6.29. The highest BCUT2D eigenvalue weighted by atomic mass is 19.4. The molecule has 1 N–H and O–H groups in total. The summed E-state index contributed by atoms with van der Waals surface area (Å²) in [6, 6.07) is 0.527. The summed E-state index contributed by atoms with van der Waals surface area (Å²) >= 11 is 0. The second kappa shape index (κ2) is 6.48. The number of hydrogen-bond acceptors (Lipinski definition) is 1. The van der Waals surface area contributed by atoms with Crippen LogP contribution in [-0.4, -0.2) is 18.8 Å². The van der Waals surface area contributed by atoms with Gasteiger partial charge >= 0.3 is 6.18 Å². The van der Waals surface area contributed by atoms with Gasteiger partial charge in [-0.15, -0.1) is 0 Å². The molecule has 0 aromatic rings. The van der Waals surface area contributed by atoms with E-state index in [1.165, 1.54) is 25.7 Å². The molecule has 1 fully saturated rings. The van der Waals surface area contributed by atoms with Crippen molar-refractivity contribution in [1.82, 2.24) is 5.32 Å². The van der Waals surface area contributed by atoms with Gasteiger partial charge in [0.05, 0.1) is 0 Å². The zero-order valence-corrected chi connectivity index (χ0v) is 9.95. The van der Waals surface area contributed by atoms with Crippen LogP contribution in [0.4, 0.5) is 13.2 Å². The van der Waals surface area contributed by atoms with E-state index in [1.54, 1.807) is 0 Å². The summed E-state index contributed by atoms with van der Waals surface area (Å²) < 4.78 is 35.6. The molecule has 1 nitrogen and oxygen atoms in total. The van der Waals surface area contributed by atoms with E-state index in [0.717, 1.165) is 6.54 Å². The van der Waals surface area contributed by atoms with Crippen molar-refractivity contribution in [3.8, 4) is 0 Å². The molecule has 0 aromatic heterocycles. The van der Waals surface area contributed by atoms with Crippen molar-refractivity contribution in [3.63, 3.8) is 0 Å². The Kier molecular flexibility index (Phi) is 5.59. The molecule has 4 heteroatoms. The van der Waals surface area contributed by atoms with Crippen molar-refractivity contribution in [3.05, 3.63) is 0 Å². The van der Waals surface area contributed by atoms with Crippen LogP contribution in [-0.2, 0) is 0 Å². The van der Waals surface area contributed by atoms with E-state index in [2.05, 4.69) is 12.2 Å². The normalized spacial score (nSPS) is 27.0. The number of rotatable bonds is 5. The molecule has 2 unspecified atom stereocenters. The van der Waals surface area contributed by atoms with Crippen LogP contribution in [0.25, 0.3) is 0 Å². The number of alkyl halides is 3. The second-order valence-electron chi connectivity index (χ2n) is 4.89. The maximum Gasteiger partial charge on any atom is 0.389 e. The van der Waals surface area contributed by atoms with Gasteiger partial charge < -0.3 is 5.32 Å². The molecule has 0 bridgehead atoms. The first-order valence-electron chi connectivity index (χ1n) is 6.29. The van der Waals surface area contributed by atoms with Crippen molar-refractivity contribution in [1.29, 1.82) is 0 Å². The lowest BCUT2D eigenvalue weighted by atomic mass is 9.86. The minimum Gasteiger partial charge on any atom is -0.314 e. The van der Waals surface area contributed by atoms with Crippen LogP contribution in [0.2, 0.25) is 0 Å². The molecular formula is C12H22F3N. The maximum absolute atomic E-state index is 11.9. The third-order valence-electron chi connectivity index (χ3n) is 3.41. The lowest BCUT2D eigenvalue weighted by Crippen LogP contribution is -2.37. The number of hydrogen-bond donors (Lipinski definition) is 1. The molecule has 1 aliphatic rings. The van der Waals surface area contributed by atoms with Gasteiger partial charge in [-0.3, -0.25) is 0 Å². The lowest BCUT2D eigenvalue weighted by molar-refractivity contribution is -0.135. The van der Waals surface area contributed by atoms with Gasteiger partial charge in [0.25, 0.3) is 0 Å².